The van der Waals surface area contributed by atoms with Gasteiger partial charge in [0.2, 0.25) is 0 Å². The number of hydrogen-bond acceptors (Lipinski definition) is 6. The molecule has 8 heteroatoms. The van der Waals surface area contributed by atoms with Crippen LogP contribution in [0.1, 0.15) is 26.4 Å². The third kappa shape index (κ3) is 4.24. The van der Waals surface area contributed by atoms with Gasteiger partial charge in [-0.1, -0.05) is 18.2 Å². The van der Waals surface area contributed by atoms with Crippen LogP contribution in [0.5, 0.6) is 5.75 Å². The molecular weight excluding hydrogens is 364 g/mol. The van der Waals surface area contributed by atoms with Crippen LogP contribution in [-0.2, 0) is 0 Å². The zero-order valence-electron chi connectivity index (χ0n) is 14.8. The Bertz CT molecular complexity index is 1000. The summed E-state index contributed by atoms with van der Waals surface area (Å²) < 4.78 is 5.33. The lowest BCUT2D eigenvalue weighted by atomic mass is 10.1. The van der Waals surface area contributed by atoms with Gasteiger partial charge in [-0.2, -0.15) is 0 Å². The van der Waals surface area contributed by atoms with Gasteiger partial charge in [-0.05, 0) is 36.8 Å². The second-order valence-electron chi connectivity index (χ2n) is 5.73. The number of methoxy groups -OCH3 is 1. The molecule has 0 saturated carbocycles. The Hall–Kier alpha value is -3.39. The first-order valence-corrected chi connectivity index (χ1v) is 8.93. The van der Waals surface area contributed by atoms with Crippen LogP contribution in [0.4, 0.5) is 16.5 Å². The Morgan fingerprint density at radius 3 is 2.67 bits per heavy atom. The van der Waals surface area contributed by atoms with Crippen LogP contribution < -0.4 is 21.1 Å². The van der Waals surface area contributed by atoms with Gasteiger partial charge in [0.15, 0.2) is 5.13 Å². The number of nitrogens with zero attached hydrogens (tertiary/aromatic N) is 1. The van der Waals surface area contributed by atoms with Crippen LogP contribution >= 0.6 is 11.3 Å². The first-order chi connectivity index (χ1) is 13.0. The molecule has 3 rings (SSSR count). The molecule has 1 aromatic heterocycles. The summed E-state index contributed by atoms with van der Waals surface area (Å²) in [6, 6.07) is 12.3. The van der Waals surface area contributed by atoms with E-state index in [1.54, 1.807) is 36.8 Å². The largest absolute Gasteiger partial charge is 0.495 e. The van der Waals surface area contributed by atoms with E-state index < -0.39 is 11.8 Å². The molecule has 0 fully saturated rings. The molecule has 7 nitrogen and oxygen atoms in total. The van der Waals surface area contributed by atoms with Crippen LogP contribution in [0.2, 0.25) is 0 Å². The number of hydrogen-bond donors (Lipinski definition) is 3. The first-order valence-electron chi connectivity index (χ1n) is 8.05. The molecule has 0 aliphatic carbocycles. The molecule has 4 N–H and O–H groups in total. The summed E-state index contributed by atoms with van der Waals surface area (Å²) in [5, 5.41) is 8.01. The van der Waals surface area contributed by atoms with Crippen molar-refractivity contribution in [1.82, 2.24) is 4.98 Å². The second kappa shape index (κ2) is 7.88. The van der Waals surface area contributed by atoms with Gasteiger partial charge in [-0.3, -0.25) is 9.59 Å². The van der Waals surface area contributed by atoms with Crippen molar-refractivity contribution in [2.24, 2.45) is 5.73 Å². The quantitative estimate of drug-likeness (QED) is 0.604. The Kier molecular flexibility index (Phi) is 5.37. The molecule has 2 aromatic carbocycles. The summed E-state index contributed by atoms with van der Waals surface area (Å²) in [6.07, 6.45) is 0. The molecular formula is C19H18N4O3S. The van der Waals surface area contributed by atoms with E-state index in [9.17, 15) is 9.59 Å². The van der Waals surface area contributed by atoms with Gasteiger partial charge in [-0.25, -0.2) is 4.98 Å². The van der Waals surface area contributed by atoms with Crippen molar-refractivity contribution in [3.63, 3.8) is 0 Å². The predicted molar refractivity (Wildman–Crippen MR) is 106 cm³/mol. The minimum Gasteiger partial charge on any atom is -0.495 e. The molecule has 0 spiro atoms. The molecule has 0 aliphatic heterocycles. The summed E-state index contributed by atoms with van der Waals surface area (Å²) >= 11 is 1.29. The molecule has 2 amide bonds. The van der Waals surface area contributed by atoms with Gasteiger partial charge in [0, 0.05) is 5.38 Å². The molecule has 3 aromatic rings. The number of rotatable bonds is 6. The summed E-state index contributed by atoms with van der Waals surface area (Å²) in [6.45, 7) is 1.97. The summed E-state index contributed by atoms with van der Waals surface area (Å²) in [5.74, 6) is -0.362. The first kappa shape index (κ1) is 18.4. The van der Waals surface area contributed by atoms with Crippen LogP contribution in [-0.4, -0.2) is 23.9 Å². The summed E-state index contributed by atoms with van der Waals surface area (Å²) in [5.41, 5.74) is 7.98. The normalized spacial score (nSPS) is 10.3. The lowest BCUT2D eigenvalue weighted by Crippen LogP contribution is -2.18. The van der Waals surface area contributed by atoms with E-state index in [4.69, 9.17) is 10.5 Å². The average Bonchev–Trinajstić information content (AvgIpc) is 3.11. The number of carbonyl (C=O) groups excluding carboxylic acids is 2. The highest BCUT2D eigenvalue weighted by atomic mass is 32.1. The number of amides is 2. The van der Waals surface area contributed by atoms with Gasteiger partial charge in [0.05, 0.1) is 24.0 Å². The number of benzene rings is 2. The highest BCUT2D eigenvalue weighted by molar-refractivity contribution is 7.14. The number of nitrogens with two attached hydrogens (primary N) is 1. The van der Waals surface area contributed by atoms with E-state index in [1.807, 2.05) is 25.1 Å². The molecule has 27 heavy (non-hydrogen) atoms. The summed E-state index contributed by atoms with van der Waals surface area (Å²) in [4.78, 5) is 28.2. The highest BCUT2D eigenvalue weighted by Crippen LogP contribution is 2.30. The fraction of sp³-hybridized carbons (Fsp3) is 0.105. The maximum absolute atomic E-state index is 12.5. The number of ether oxygens (including phenoxy) is 1. The van der Waals surface area contributed by atoms with Gasteiger partial charge in [-0.15, -0.1) is 11.3 Å². The molecule has 0 saturated heterocycles. The Balaban J connectivity index is 1.77. The maximum atomic E-state index is 12.5. The van der Waals surface area contributed by atoms with Crippen molar-refractivity contribution >= 4 is 39.7 Å². The Morgan fingerprint density at radius 1 is 1.15 bits per heavy atom. The number of aryl methyl sites for hydroxylation is 1. The van der Waals surface area contributed by atoms with Crippen molar-refractivity contribution in [3.8, 4) is 5.75 Å². The maximum Gasteiger partial charge on any atom is 0.275 e. The van der Waals surface area contributed by atoms with Crippen molar-refractivity contribution in [2.45, 2.75) is 6.92 Å². The molecule has 138 valence electrons. The van der Waals surface area contributed by atoms with Crippen LogP contribution in [0, 0.1) is 6.92 Å². The number of aromatic nitrogens is 1. The zero-order valence-corrected chi connectivity index (χ0v) is 15.6. The monoisotopic (exact) mass is 382 g/mol. The number of primary amides is 1. The molecule has 0 aliphatic rings. The van der Waals surface area contributed by atoms with Crippen LogP contribution in [0.15, 0.2) is 47.8 Å². The lowest BCUT2D eigenvalue weighted by molar-refractivity contribution is 0.100. The summed E-state index contributed by atoms with van der Waals surface area (Å²) in [7, 11) is 1.59. The molecule has 1 heterocycles. The fourth-order valence-corrected chi connectivity index (χ4v) is 3.17. The van der Waals surface area contributed by atoms with Crippen molar-refractivity contribution < 1.29 is 14.3 Å². The lowest BCUT2D eigenvalue weighted by Gasteiger charge is -2.10. The van der Waals surface area contributed by atoms with E-state index in [2.05, 4.69) is 15.6 Å². The smallest absolute Gasteiger partial charge is 0.275 e. The Morgan fingerprint density at radius 2 is 1.93 bits per heavy atom. The number of thiazole rings is 1. The number of anilines is 3. The Labute approximate surface area is 160 Å². The van der Waals surface area contributed by atoms with Gasteiger partial charge in [0.25, 0.3) is 11.8 Å². The fourth-order valence-electron chi connectivity index (χ4n) is 2.46. The van der Waals surface area contributed by atoms with Gasteiger partial charge < -0.3 is 21.1 Å². The highest BCUT2D eigenvalue weighted by Gasteiger charge is 2.15. The average molecular weight is 382 g/mol. The van der Waals surface area contributed by atoms with Crippen molar-refractivity contribution in [2.75, 3.05) is 17.7 Å². The van der Waals surface area contributed by atoms with E-state index in [1.165, 1.54) is 11.3 Å². The molecule has 0 unspecified atom stereocenters. The topological polar surface area (TPSA) is 106 Å². The van der Waals surface area contributed by atoms with Gasteiger partial charge >= 0.3 is 0 Å². The minimum atomic E-state index is -0.613. The minimum absolute atomic E-state index is 0.230. The molecule has 0 radical (unpaired) electrons. The zero-order chi connectivity index (χ0) is 19.4. The van der Waals surface area contributed by atoms with E-state index >= 15 is 0 Å². The van der Waals surface area contributed by atoms with E-state index in [0.29, 0.717) is 16.6 Å². The van der Waals surface area contributed by atoms with Crippen molar-refractivity contribution in [3.05, 3.63) is 64.7 Å². The molecule has 0 bridgehead atoms. The van der Waals surface area contributed by atoms with E-state index in [-0.39, 0.29) is 11.3 Å². The molecule has 0 atom stereocenters. The third-order valence-electron chi connectivity index (χ3n) is 3.77. The third-order valence-corrected chi connectivity index (χ3v) is 4.53. The van der Waals surface area contributed by atoms with Crippen LogP contribution in [0.3, 0.4) is 0 Å². The van der Waals surface area contributed by atoms with E-state index in [0.717, 1.165) is 11.3 Å². The predicted octanol–water partition coefficient (Wildman–Crippen LogP) is 3.55. The second-order valence-corrected chi connectivity index (χ2v) is 6.59. The number of nitrogens with one attached hydrogen (secondary N) is 2. The number of carbonyl (C=O) groups is 2. The van der Waals surface area contributed by atoms with Crippen molar-refractivity contribution in [1.29, 1.82) is 0 Å². The number of para-hydroxylation sites is 1. The standard InChI is InChI=1S/C19H18N4O3S/c1-11-7-8-16(26-2)14(9-11)22-19-23-15(10-27-19)18(25)21-13-6-4-3-5-12(13)17(20)24/h3-10H,1-2H3,(H2,20,24)(H,21,25)(H,22,23). The SMILES string of the molecule is COc1ccc(C)cc1Nc1nc(C(=O)Nc2ccccc2C(N)=O)cs1. The van der Waals surface area contributed by atoms with Gasteiger partial charge in [0.1, 0.15) is 11.4 Å². The van der Waals surface area contributed by atoms with Crippen LogP contribution in [0.25, 0.3) is 0 Å².